The van der Waals surface area contributed by atoms with E-state index in [0.717, 1.165) is 36.4 Å². The van der Waals surface area contributed by atoms with Crippen LogP contribution in [0.3, 0.4) is 0 Å². The SMILES string of the molecule is [2H]c1c(C([2H])N([2H])C(=O)C(F)(F)c2ccc(Cl)cc2)ccc2c1C([2H])([2H])N(C1CCC(=O)NC1=O)C2=O. The van der Waals surface area contributed by atoms with Gasteiger partial charge in [-0.3, -0.25) is 24.5 Å². The molecular formula is C22H18ClF2N3O4. The lowest BCUT2D eigenvalue weighted by molar-refractivity contribution is -0.147. The van der Waals surface area contributed by atoms with Gasteiger partial charge in [-0.05, 0) is 35.7 Å². The molecule has 2 aliphatic heterocycles. The van der Waals surface area contributed by atoms with Crippen LogP contribution >= 0.6 is 11.6 Å². The van der Waals surface area contributed by atoms with Gasteiger partial charge in [0.05, 0.1) is 5.48 Å². The molecule has 7 nitrogen and oxygen atoms in total. The number of hydrogen-bond donors (Lipinski definition) is 2. The lowest BCUT2D eigenvalue weighted by Gasteiger charge is -2.29. The Morgan fingerprint density at radius 2 is 2.03 bits per heavy atom. The van der Waals surface area contributed by atoms with Crippen LogP contribution < -0.4 is 10.6 Å². The average molecular weight is 467 g/mol. The van der Waals surface area contributed by atoms with Gasteiger partial charge in [0.15, 0.2) is 1.41 Å². The molecule has 0 spiro atoms. The summed E-state index contributed by atoms with van der Waals surface area (Å²) in [6.45, 7) is -4.93. The number of piperidine rings is 1. The van der Waals surface area contributed by atoms with Gasteiger partial charge in [-0.1, -0.05) is 35.8 Å². The van der Waals surface area contributed by atoms with Crippen molar-refractivity contribution in [3.8, 4) is 0 Å². The molecule has 0 bridgehead atoms. The Bertz CT molecular complexity index is 1330. The third-order valence-electron chi connectivity index (χ3n) is 4.97. The monoisotopic (exact) mass is 466 g/mol. The smallest absolute Gasteiger partial charge is 0.346 e. The number of nitrogens with one attached hydrogen (secondary N) is 2. The largest absolute Gasteiger partial charge is 0.349 e. The third-order valence-corrected chi connectivity index (χ3v) is 5.22. The average Bonchev–Trinajstić information content (AvgIpc) is 3.04. The molecule has 2 aromatic carbocycles. The van der Waals surface area contributed by atoms with Gasteiger partial charge in [-0.15, -0.1) is 0 Å². The number of nitrogens with zero attached hydrogens (tertiary/aromatic N) is 1. The molecule has 1 saturated heterocycles. The molecule has 1 fully saturated rings. The summed E-state index contributed by atoms with van der Waals surface area (Å²) in [6.07, 6.45) is -0.294. The molecule has 10 heteroatoms. The van der Waals surface area contributed by atoms with Gasteiger partial charge in [0, 0.05) is 35.6 Å². The molecule has 2 unspecified atom stereocenters. The number of carbonyl (C=O) groups excluding carboxylic acids is 4. The van der Waals surface area contributed by atoms with Gasteiger partial charge in [0.2, 0.25) is 11.8 Å². The van der Waals surface area contributed by atoms with E-state index in [2.05, 4.69) is 0 Å². The molecule has 4 rings (SSSR count). The Balaban J connectivity index is 1.67. The number of rotatable bonds is 5. The maximum atomic E-state index is 14.8. The molecule has 2 heterocycles. The van der Waals surface area contributed by atoms with Crippen LogP contribution in [0.4, 0.5) is 8.78 Å². The molecule has 166 valence electrons. The van der Waals surface area contributed by atoms with Crippen LogP contribution in [0.2, 0.25) is 6.43 Å². The van der Waals surface area contributed by atoms with Crippen LogP contribution in [0, 0.1) is 0 Å². The highest BCUT2D eigenvalue weighted by Gasteiger charge is 2.41. The van der Waals surface area contributed by atoms with Gasteiger partial charge in [0.1, 0.15) is 6.04 Å². The van der Waals surface area contributed by atoms with Gasteiger partial charge in [-0.2, -0.15) is 8.78 Å². The Kier molecular flexibility index (Phi) is 4.24. The maximum Gasteiger partial charge on any atom is 0.349 e. The number of carbonyl (C=O) groups is 4. The summed E-state index contributed by atoms with van der Waals surface area (Å²) >= 11 is 5.68. The number of alkyl halides is 2. The second kappa shape index (κ2) is 8.31. The van der Waals surface area contributed by atoms with E-state index in [0.29, 0.717) is 4.90 Å². The van der Waals surface area contributed by atoms with Crippen molar-refractivity contribution in [2.24, 2.45) is 0 Å². The highest BCUT2D eigenvalue weighted by atomic mass is 35.5. The zero-order chi connectivity index (χ0) is 27.4. The van der Waals surface area contributed by atoms with Crippen molar-refractivity contribution in [2.45, 2.75) is 37.8 Å². The van der Waals surface area contributed by atoms with E-state index >= 15 is 0 Å². The quantitative estimate of drug-likeness (QED) is 0.662. The standard InChI is InChI=1S/C22H18ClF2N3O4/c23-15-4-2-14(3-5-15)22(24,25)21(32)26-10-12-1-6-16-13(9-12)11-28(20(16)31)17-7-8-18(29)27-19(17)30/h1-6,9,17H,7-8,10-11H2,(H,26,32)(H,27,29,30)/i9D,10D,11D2/hD. The summed E-state index contributed by atoms with van der Waals surface area (Å²) in [4.78, 5) is 49.9. The first kappa shape index (κ1) is 16.3. The van der Waals surface area contributed by atoms with Crippen LogP contribution in [0.15, 0.2) is 42.4 Å². The first-order valence-electron chi connectivity index (χ1n) is 11.9. The molecule has 2 N–H and O–H groups in total. The molecule has 0 radical (unpaired) electrons. The Morgan fingerprint density at radius 3 is 2.72 bits per heavy atom. The fraction of sp³-hybridized carbons (Fsp3) is 0.273. The number of hydrogen-bond acceptors (Lipinski definition) is 4. The van der Waals surface area contributed by atoms with Gasteiger partial charge >= 0.3 is 5.92 Å². The lowest BCUT2D eigenvalue weighted by Crippen LogP contribution is -2.52. The van der Waals surface area contributed by atoms with Crippen LogP contribution in [-0.4, -0.2) is 34.6 Å². The summed E-state index contributed by atoms with van der Waals surface area (Å²) in [7, 11) is 0. The minimum absolute atomic E-state index is 0.139. The zero-order valence-electron chi connectivity index (χ0n) is 21.2. The summed E-state index contributed by atoms with van der Waals surface area (Å²) in [6, 6.07) is 3.96. The van der Waals surface area contributed by atoms with Crippen molar-refractivity contribution in [3.63, 3.8) is 0 Å². The van der Waals surface area contributed by atoms with E-state index in [9.17, 15) is 28.0 Å². The first-order valence-corrected chi connectivity index (χ1v) is 9.77. The summed E-state index contributed by atoms with van der Waals surface area (Å²) in [5, 5.41) is 1.84. The molecule has 2 aromatic rings. The maximum absolute atomic E-state index is 14.8. The first-order chi connectivity index (χ1) is 17.2. The molecule has 0 aromatic heterocycles. The number of halogens is 3. The Morgan fingerprint density at radius 1 is 1.31 bits per heavy atom. The topological polar surface area (TPSA) is 95.6 Å². The van der Waals surface area contributed by atoms with E-state index in [-0.39, 0.29) is 28.7 Å². The predicted octanol–water partition coefficient (Wildman–Crippen LogP) is 2.51. The van der Waals surface area contributed by atoms with Crippen LogP contribution in [0.25, 0.3) is 0 Å². The molecular weight excluding hydrogens is 444 g/mol. The molecule has 4 amide bonds. The third kappa shape index (κ3) is 4.08. The Labute approximate surface area is 193 Å². The predicted molar refractivity (Wildman–Crippen MR) is 110 cm³/mol. The highest BCUT2D eigenvalue weighted by molar-refractivity contribution is 6.30. The van der Waals surface area contributed by atoms with Crippen LogP contribution in [-0.2, 0) is 33.3 Å². The van der Waals surface area contributed by atoms with Gasteiger partial charge < -0.3 is 10.2 Å². The van der Waals surface area contributed by atoms with E-state index in [1.165, 1.54) is 0 Å². The number of fused-ring (bicyclic) bond motifs is 1. The van der Waals surface area contributed by atoms with E-state index in [4.69, 9.17) is 18.5 Å². The second-order valence-corrected chi connectivity index (χ2v) is 7.54. The van der Waals surface area contributed by atoms with Crippen molar-refractivity contribution in [1.29, 1.82) is 0 Å². The zero-order valence-corrected chi connectivity index (χ0v) is 17.0. The summed E-state index contributed by atoms with van der Waals surface area (Å²) < 4.78 is 71.1. The summed E-state index contributed by atoms with van der Waals surface area (Å²) in [5.41, 5.74) is -2.10. The van der Waals surface area contributed by atoms with Crippen LogP contribution in [0.1, 0.15) is 45.4 Å². The Hall–Kier alpha value is -3.33. The normalized spacial score (nSPS) is 23.2. The fourth-order valence-electron chi connectivity index (χ4n) is 3.29. The van der Waals surface area contributed by atoms with Crippen molar-refractivity contribution < 1.29 is 34.9 Å². The number of amides is 4. The van der Waals surface area contributed by atoms with Gasteiger partial charge in [0.25, 0.3) is 11.8 Å². The lowest BCUT2D eigenvalue weighted by atomic mass is 10.0. The number of imide groups is 1. The van der Waals surface area contributed by atoms with Crippen LogP contribution in [0.5, 0.6) is 0 Å². The van der Waals surface area contributed by atoms with Crippen molar-refractivity contribution in [2.75, 3.05) is 0 Å². The highest BCUT2D eigenvalue weighted by Crippen LogP contribution is 2.30. The summed E-state index contributed by atoms with van der Waals surface area (Å²) in [5.74, 6) is -8.69. The van der Waals surface area contributed by atoms with Crippen molar-refractivity contribution in [3.05, 3.63) is 69.7 Å². The molecule has 0 saturated carbocycles. The fourth-order valence-corrected chi connectivity index (χ4v) is 3.42. The van der Waals surface area contributed by atoms with E-state index < -0.39 is 71.3 Å². The molecule has 2 atom stereocenters. The second-order valence-electron chi connectivity index (χ2n) is 7.10. The van der Waals surface area contributed by atoms with Crippen molar-refractivity contribution >= 4 is 35.2 Å². The minimum Gasteiger partial charge on any atom is -0.346 e. The minimum atomic E-state index is -4.21. The number of benzene rings is 2. The van der Waals surface area contributed by atoms with Crippen molar-refractivity contribution in [1.82, 2.24) is 15.5 Å². The van der Waals surface area contributed by atoms with E-state index in [1.807, 2.05) is 5.32 Å². The molecule has 32 heavy (non-hydrogen) atoms. The van der Waals surface area contributed by atoms with E-state index in [1.54, 1.807) is 0 Å². The molecule has 0 aliphatic carbocycles. The van der Waals surface area contributed by atoms with Gasteiger partial charge in [-0.25, -0.2) is 0 Å². The molecule has 2 aliphatic rings.